The van der Waals surface area contributed by atoms with Crippen LogP contribution in [0.4, 0.5) is 8.78 Å². The Hall–Kier alpha value is -3.29. The van der Waals surface area contributed by atoms with Crippen molar-refractivity contribution >= 4 is 23.2 Å². The van der Waals surface area contributed by atoms with Gasteiger partial charge in [0.15, 0.2) is 0 Å². The van der Waals surface area contributed by atoms with E-state index in [9.17, 15) is 13.6 Å². The summed E-state index contributed by atoms with van der Waals surface area (Å²) in [5.41, 5.74) is 3.73. The van der Waals surface area contributed by atoms with Gasteiger partial charge >= 0.3 is 0 Å². The van der Waals surface area contributed by atoms with E-state index in [1.165, 1.54) is 18.2 Å². The number of fused-ring (bicyclic) bond motifs is 3. The zero-order chi connectivity index (χ0) is 24.8. The van der Waals surface area contributed by atoms with Crippen molar-refractivity contribution in [1.29, 1.82) is 0 Å². The molecule has 0 saturated carbocycles. The molecule has 2 aliphatic heterocycles. The lowest BCUT2D eigenvalue weighted by atomic mass is 10.1. The molecule has 6 rings (SSSR count). The van der Waals surface area contributed by atoms with Gasteiger partial charge in [-0.2, -0.15) is 0 Å². The molecule has 0 aliphatic carbocycles. The van der Waals surface area contributed by atoms with Crippen LogP contribution in [0.3, 0.4) is 0 Å². The smallest absolute Gasteiger partial charge is 0.227 e. The summed E-state index contributed by atoms with van der Waals surface area (Å²) in [5.74, 6) is -1.55. The second-order valence-corrected chi connectivity index (χ2v) is 10.0. The standard InChI is InChI=1S/C28H25ClF2N4O/c29-19-9-7-18(8-10-19)28-25(34-13-2-1-6-26(34)32-28)17-33-15-20-11-12-21(16-33)35(20)27(36)14-22-23(30)4-3-5-24(22)31/h1-10,13,20-21H,11-12,14-17H2. The van der Waals surface area contributed by atoms with Crippen LogP contribution in [0.2, 0.25) is 5.02 Å². The number of hydrogen-bond acceptors (Lipinski definition) is 3. The fourth-order valence-electron chi connectivity index (χ4n) is 5.72. The first-order chi connectivity index (χ1) is 17.5. The number of hydrogen-bond donors (Lipinski definition) is 0. The van der Waals surface area contributed by atoms with Crippen LogP contribution in [0.5, 0.6) is 0 Å². The Balaban J connectivity index is 1.24. The van der Waals surface area contributed by atoms with E-state index in [0.29, 0.717) is 24.7 Å². The molecule has 2 aromatic carbocycles. The largest absolute Gasteiger partial charge is 0.334 e. The van der Waals surface area contributed by atoms with Crippen LogP contribution >= 0.6 is 11.6 Å². The lowest BCUT2D eigenvalue weighted by Gasteiger charge is -2.41. The molecule has 0 spiro atoms. The molecule has 2 aromatic heterocycles. The van der Waals surface area contributed by atoms with Crippen LogP contribution in [-0.4, -0.2) is 50.3 Å². The Labute approximate surface area is 212 Å². The molecule has 0 N–H and O–H groups in total. The molecule has 2 fully saturated rings. The van der Waals surface area contributed by atoms with Crippen LogP contribution in [0.25, 0.3) is 16.9 Å². The first-order valence-electron chi connectivity index (χ1n) is 12.2. The summed E-state index contributed by atoms with van der Waals surface area (Å²) < 4.78 is 30.4. The fourth-order valence-corrected chi connectivity index (χ4v) is 5.84. The molecule has 0 radical (unpaired) electrons. The van der Waals surface area contributed by atoms with E-state index in [1.54, 1.807) is 0 Å². The van der Waals surface area contributed by atoms with Crippen molar-refractivity contribution in [2.75, 3.05) is 13.1 Å². The Morgan fingerprint density at radius 3 is 2.33 bits per heavy atom. The number of aromatic nitrogens is 2. The third kappa shape index (κ3) is 4.16. The van der Waals surface area contributed by atoms with Gasteiger partial charge in [-0.3, -0.25) is 9.69 Å². The molecule has 8 heteroatoms. The number of pyridine rings is 1. The van der Waals surface area contributed by atoms with Crippen molar-refractivity contribution in [2.24, 2.45) is 0 Å². The highest BCUT2D eigenvalue weighted by atomic mass is 35.5. The van der Waals surface area contributed by atoms with Crippen molar-refractivity contribution in [2.45, 2.75) is 37.9 Å². The topological polar surface area (TPSA) is 40.9 Å². The van der Waals surface area contributed by atoms with E-state index in [0.717, 1.165) is 35.4 Å². The van der Waals surface area contributed by atoms with E-state index < -0.39 is 11.6 Å². The summed E-state index contributed by atoms with van der Waals surface area (Å²) in [7, 11) is 0. The summed E-state index contributed by atoms with van der Waals surface area (Å²) in [6, 6.07) is 17.4. The van der Waals surface area contributed by atoms with Gasteiger partial charge < -0.3 is 9.30 Å². The number of carbonyl (C=O) groups excluding carboxylic acids is 1. The average Bonchev–Trinajstić information content (AvgIpc) is 3.36. The third-order valence-corrected chi connectivity index (χ3v) is 7.61. The van der Waals surface area contributed by atoms with Gasteiger partial charge in [-0.1, -0.05) is 35.9 Å². The molecule has 2 aliphatic rings. The van der Waals surface area contributed by atoms with Crippen molar-refractivity contribution in [1.82, 2.24) is 19.2 Å². The maximum atomic E-state index is 14.2. The second-order valence-electron chi connectivity index (χ2n) is 9.60. The van der Waals surface area contributed by atoms with Gasteiger partial charge in [-0.05, 0) is 49.2 Å². The quantitative estimate of drug-likeness (QED) is 0.366. The molecule has 2 atom stereocenters. The first-order valence-corrected chi connectivity index (χ1v) is 12.5. The Morgan fingerprint density at radius 2 is 1.64 bits per heavy atom. The highest BCUT2D eigenvalue weighted by Crippen LogP contribution is 2.34. The molecule has 1 amide bonds. The maximum absolute atomic E-state index is 14.2. The van der Waals surface area contributed by atoms with Crippen LogP contribution in [-0.2, 0) is 17.8 Å². The monoisotopic (exact) mass is 506 g/mol. The van der Waals surface area contributed by atoms with Gasteiger partial charge in [0.2, 0.25) is 5.91 Å². The molecule has 36 heavy (non-hydrogen) atoms. The number of rotatable bonds is 5. The van der Waals surface area contributed by atoms with Gasteiger partial charge in [0.25, 0.3) is 0 Å². The Bertz CT molecular complexity index is 1400. The van der Waals surface area contributed by atoms with Crippen molar-refractivity contribution < 1.29 is 13.6 Å². The van der Waals surface area contributed by atoms with E-state index in [4.69, 9.17) is 16.6 Å². The van der Waals surface area contributed by atoms with Crippen molar-refractivity contribution in [3.63, 3.8) is 0 Å². The lowest BCUT2D eigenvalue weighted by molar-refractivity contribution is -0.136. The number of nitrogens with zero attached hydrogens (tertiary/aromatic N) is 4. The van der Waals surface area contributed by atoms with Gasteiger partial charge in [0, 0.05) is 54.1 Å². The summed E-state index contributed by atoms with van der Waals surface area (Å²) in [4.78, 5) is 22.3. The molecular weight excluding hydrogens is 482 g/mol. The van der Waals surface area contributed by atoms with Crippen LogP contribution < -0.4 is 0 Å². The van der Waals surface area contributed by atoms with Crippen LogP contribution in [0, 0.1) is 11.6 Å². The predicted octanol–water partition coefficient (Wildman–Crippen LogP) is 5.35. The van der Waals surface area contributed by atoms with Gasteiger partial charge in [-0.15, -0.1) is 0 Å². The number of carbonyl (C=O) groups is 1. The van der Waals surface area contributed by atoms with Gasteiger partial charge in [0.05, 0.1) is 17.8 Å². The SMILES string of the molecule is O=C(Cc1c(F)cccc1F)N1C2CCC1CN(Cc1c(-c3ccc(Cl)cc3)nc3ccccn13)C2. The van der Waals surface area contributed by atoms with Gasteiger partial charge in [0.1, 0.15) is 17.3 Å². The number of piperazine rings is 1. The highest BCUT2D eigenvalue weighted by Gasteiger charge is 2.42. The average molecular weight is 507 g/mol. The van der Waals surface area contributed by atoms with E-state index >= 15 is 0 Å². The molecule has 4 aromatic rings. The predicted molar refractivity (Wildman–Crippen MR) is 135 cm³/mol. The Morgan fingerprint density at radius 1 is 0.944 bits per heavy atom. The first kappa shape index (κ1) is 23.1. The van der Waals surface area contributed by atoms with Crippen LogP contribution in [0.15, 0.2) is 66.9 Å². The number of amides is 1. The van der Waals surface area contributed by atoms with E-state index in [-0.39, 0.29) is 30.0 Å². The lowest BCUT2D eigenvalue weighted by Crippen LogP contribution is -2.55. The fraction of sp³-hybridized carbons (Fsp3) is 0.286. The minimum Gasteiger partial charge on any atom is -0.334 e. The summed E-state index contributed by atoms with van der Waals surface area (Å²) in [6.07, 6.45) is 3.56. The Kier molecular flexibility index (Phi) is 5.97. The van der Waals surface area contributed by atoms with Crippen molar-refractivity contribution in [3.05, 3.63) is 94.8 Å². The maximum Gasteiger partial charge on any atom is 0.227 e. The molecule has 2 saturated heterocycles. The number of benzene rings is 2. The van der Waals surface area contributed by atoms with E-state index in [1.807, 2.05) is 53.6 Å². The summed E-state index contributed by atoms with van der Waals surface area (Å²) in [5, 5.41) is 0.677. The van der Waals surface area contributed by atoms with Gasteiger partial charge in [-0.25, -0.2) is 13.8 Å². The van der Waals surface area contributed by atoms with E-state index in [2.05, 4.69) is 9.30 Å². The number of imidazole rings is 1. The molecule has 2 bridgehead atoms. The number of halogens is 3. The third-order valence-electron chi connectivity index (χ3n) is 7.36. The highest BCUT2D eigenvalue weighted by molar-refractivity contribution is 6.30. The molecule has 4 heterocycles. The number of likely N-dealkylation sites (tertiary alicyclic amines) is 1. The van der Waals surface area contributed by atoms with Crippen LogP contribution in [0.1, 0.15) is 24.1 Å². The summed E-state index contributed by atoms with van der Waals surface area (Å²) >= 11 is 6.11. The summed E-state index contributed by atoms with van der Waals surface area (Å²) in [6.45, 7) is 2.10. The molecule has 184 valence electrons. The molecule has 2 unspecified atom stereocenters. The minimum absolute atomic E-state index is 0.0317. The molecular formula is C28H25ClF2N4O. The zero-order valence-corrected chi connectivity index (χ0v) is 20.3. The molecule has 5 nitrogen and oxygen atoms in total. The minimum atomic E-state index is -0.670. The normalized spacial score (nSPS) is 19.8. The zero-order valence-electron chi connectivity index (χ0n) is 19.6. The van der Waals surface area contributed by atoms with Crippen molar-refractivity contribution in [3.8, 4) is 11.3 Å². The second kappa shape index (κ2) is 9.30.